The van der Waals surface area contributed by atoms with Crippen LogP contribution in [-0.4, -0.2) is 13.5 Å². The Morgan fingerprint density at radius 3 is 2.00 bits per heavy atom. The normalized spacial score (nSPS) is 11.3. The van der Waals surface area contributed by atoms with Gasteiger partial charge in [-0.3, -0.25) is 0 Å². The van der Waals surface area contributed by atoms with Crippen LogP contribution in [0.2, 0.25) is 0 Å². The standard InChI is InChI=1S/C21H20O4S/c1-15-12-20(13-16(2)21(15)22)26(23,24)19-10-8-18(9-11-19)25-14-17-6-4-3-5-7-17/h3-13,22H,14H2,1-2H3. The molecule has 0 heterocycles. The molecule has 0 aliphatic carbocycles. The summed E-state index contributed by atoms with van der Waals surface area (Å²) < 4.78 is 31.3. The molecule has 0 radical (unpaired) electrons. The Labute approximate surface area is 153 Å². The summed E-state index contributed by atoms with van der Waals surface area (Å²) in [5.74, 6) is 0.722. The van der Waals surface area contributed by atoms with Gasteiger partial charge in [0.05, 0.1) is 9.79 Å². The maximum atomic E-state index is 12.8. The van der Waals surface area contributed by atoms with Crippen LogP contribution in [0.3, 0.4) is 0 Å². The lowest BCUT2D eigenvalue weighted by Gasteiger charge is -2.10. The number of sulfone groups is 1. The minimum absolute atomic E-state index is 0.119. The second-order valence-corrected chi connectivity index (χ2v) is 8.10. The van der Waals surface area contributed by atoms with Crippen LogP contribution in [-0.2, 0) is 16.4 Å². The molecule has 3 aromatic carbocycles. The van der Waals surface area contributed by atoms with E-state index in [1.165, 1.54) is 24.3 Å². The van der Waals surface area contributed by atoms with Gasteiger partial charge in [-0.25, -0.2) is 8.42 Å². The Bertz CT molecular complexity index is 985. The fraction of sp³-hybridized carbons (Fsp3) is 0.143. The summed E-state index contributed by atoms with van der Waals surface area (Å²) in [6, 6.07) is 19.1. The first-order valence-corrected chi connectivity index (χ1v) is 9.68. The summed E-state index contributed by atoms with van der Waals surface area (Å²) in [4.78, 5) is 0.359. The smallest absolute Gasteiger partial charge is 0.206 e. The van der Waals surface area contributed by atoms with Crippen molar-refractivity contribution >= 4 is 9.84 Å². The summed E-state index contributed by atoms with van der Waals surface area (Å²) in [5.41, 5.74) is 2.11. The molecular formula is C21H20O4S. The number of hydrogen-bond acceptors (Lipinski definition) is 4. The van der Waals surface area contributed by atoms with Gasteiger partial charge < -0.3 is 9.84 Å². The first-order valence-electron chi connectivity index (χ1n) is 8.20. The number of ether oxygens (including phenoxy) is 1. The zero-order valence-electron chi connectivity index (χ0n) is 14.6. The van der Waals surface area contributed by atoms with Crippen molar-refractivity contribution in [2.75, 3.05) is 0 Å². The summed E-state index contributed by atoms with van der Waals surface area (Å²) in [5, 5.41) is 9.85. The number of hydrogen-bond donors (Lipinski definition) is 1. The van der Waals surface area contributed by atoms with Crippen molar-refractivity contribution < 1.29 is 18.3 Å². The molecule has 0 unspecified atom stereocenters. The van der Waals surface area contributed by atoms with E-state index in [1.54, 1.807) is 26.0 Å². The van der Waals surface area contributed by atoms with Gasteiger partial charge in [-0.1, -0.05) is 30.3 Å². The van der Waals surface area contributed by atoms with E-state index in [9.17, 15) is 13.5 Å². The quantitative estimate of drug-likeness (QED) is 0.724. The predicted octanol–water partition coefficient (Wildman–Crippen LogP) is 4.42. The van der Waals surface area contributed by atoms with Gasteiger partial charge in [0.25, 0.3) is 0 Å². The SMILES string of the molecule is Cc1cc(S(=O)(=O)c2ccc(OCc3ccccc3)cc2)cc(C)c1O. The summed E-state index contributed by atoms with van der Waals surface area (Å²) in [6.45, 7) is 3.78. The molecule has 0 amide bonds. The van der Waals surface area contributed by atoms with Crippen molar-refractivity contribution in [3.05, 3.63) is 83.4 Å². The molecule has 3 aromatic rings. The molecule has 0 saturated carbocycles. The van der Waals surface area contributed by atoms with Gasteiger partial charge in [-0.05, 0) is 66.9 Å². The third-order valence-electron chi connectivity index (χ3n) is 4.16. The number of phenols is 1. The fourth-order valence-electron chi connectivity index (χ4n) is 2.66. The number of benzene rings is 3. The van der Waals surface area contributed by atoms with Crippen LogP contribution >= 0.6 is 0 Å². The molecule has 0 aromatic heterocycles. The minimum atomic E-state index is -3.65. The lowest BCUT2D eigenvalue weighted by molar-refractivity contribution is 0.306. The molecule has 134 valence electrons. The number of aryl methyl sites for hydroxylation is 2. The summed E-state index contributed by atoms with van der Waals surface area (Å²) in [6.07, 6.45) is 0. The van der Waals surface area contributed by atoms with E-state index in [2.05, 4.69) is 0 Å². The first kappa shape index (κ1) is 18.0. The molecule has 26 heavy (non-hydrogen) atoms. The number of aromatic hydroxyl groups is 1. The number of rotatable bonds is 5. The molecule has 3 rings (SSSR count). The Hall–Kier alpha value is -2.79. The Morgan fingerprint density at radius 1 is 0.846 bits per heavy atom. The highest BCUT2D eigenvalue weighted by atomic mass is 32.2. The highest BCUT2D eigenvalue weighted by molar-refractivity contribution is 7.91. The molecule has 0 bridgehead atoms. The van der Waals surface area contributed by atoms with Crippen molar-refractivity contribution in [2.45, 2.75) is 30.2 Å². The second kappa shape index (κ2) is 7.22. The molecular weight excluding hydrogens is 348 g/mol. The molecule has 0 spiro atoms. The lowest BCUT2D eigenvalue weighted by atomic mass is 10.1. The fourth-order valence-corrected chi connectivity index (χ4v) is 4.09. The van der Waals surface area contributed by atoms with Gasteiger partial charge >= 0.3 is 0 Å². The maximum absolute atomic E-state index is 12.8. The molecule has 0 atom stereocenters. The maximum Gasteiger partial charge on any atom is 0.206 e. The average molecular weight is 368 g/mol. The van der Waals surface area contributed by atoms with Crippen LogP contribution in [0.5, 0.6) is 11.5 Å². The third-order valence-corrected chi connectivity index (χ3v) is 5.91. The van der Waals surface area contributed by atoms with Crippen molar-refractivity contribution in [2.24, 2.45) is 0 Å². The minimum Gasteiger partial charge on any atom is -0.507 e. The third kappa shape index (κ3) is 3.73. The molecule has 4 nitrogen and oxygen atoms in total. The van der Waals surface area contributed by atoms with Gasteiger partial charge in [-0.15, -0.1) is 0 Å². The van der Waals surface area contributed by atoms with Crippen LogP contribution in [0.15, 0.2) is 76.5 Å². The summed E-state index contributed by atoms with van der Waals surface area (Å²) >= 11 is 0. The topological polar surface area (TPSA) is 63.6 Å². The van der Waals surface area contributed by atoms with E-state index in [0.29, 0.717) is 23.5 Å². The predicted molar refractivity (Wildman–Crippen MR) is 100 cm³/mol. The average Bonchev–Trinajstić information content (AvgIpc) is 2.65. The first-order chi connectivity index (χ1) is 12.4. The van der Waals surface area contributed by atoms with Gasteiger partial charge in [-0.2, -0.15) is 0 Å². The molecule has 0 aliphatic rings. The summed E-state index contributed by atoms with van der Waals surface area (Å²) in [7, 11) is -3.65. The Kier molecular flexibility index (Phi) is 5.00. The van der Waals surface area contributed by atoms with Crippen molar-refractivity contribution in [3.63, 3.8) is 0 Å². The monoisotopic (exact) mass is 368 g/mol. The molecule has 0 aliphatic heterocycles. The number of phenolic OH excluding ortho intramolecular Hbond substituents is 1. The van der Waals surface area contributed by atoms with Crippen LogP contribution in [0.4, 0.5) is 0 Å². The van der Waals surface area contributed by atoms with E-state index >= 15 is 0 Å². The van der Waals surface area contributed by atoms with Gasteiger partial charge in [0.2, 0.25) is 9.84 Å². The van der Waals surface area contributed by atoms with Crippen molar-refractivity contribution in [1.29, 1.82) is 0 Å². The van der Waals surface area contributed by atoms with Crippen LogP contribution in [0.25, 0.3) is 0 Å². The largest absolute Gasteiger partial charge is 0.507 e. The highest BCUT2D eigenvalue weighted by Crippen LogP contribution is 2.29. The molecule has 0 fully saturated rings. The van der Waals surface area contributed by atoms with E-state index in [0.717, 1.165) is 5.56 Å². The van der Waals surface area contributed by atoms with Crippen LogP contribution < -0.4 is 4.74 Å². The molecule has 0 saturated heterocycles. The van der Waals surface area contributed by atoms with Crippen LogP contribution in [0.1, 0.15) is 16.7 Å². The molecule has 1 N–H and O–H groups in total. The van der Waals surface area contributed by atoms with E-state index in [4.69, 9.17) is 4.74 Å². The van der Waals surface area contributed by atoms with E-state index in [-0.39, 0.29) is 15.5 Å². The van der Waals surface area contributed by atoms with Gasteiger partial charge in [0, 0.05) is 0 Å². The Balaban J connectivity index is 1.81. The van der Waals surface area contributed by atoms with Gasteiger partial charge in [0.15, 0.2) is 0 Å². The van der Waals surface area contributed by atoms with Crippen molar-refractivity contribution in [3.8, 4) is 11.5 Å². The zero-order valence-corrected chi connectivity index (χ0v) is 15.5. The van der Waals surface area contributed by atoms with E-state index in [1.807, 2.05) is 30.3 Å². The zero-order chi connectivity index (χ0) is 18.7. The van der Waals surface area contributed by atoms with Crippen LogP contribution in [0, 0.1) is 13.8 Å². The Morgan fingerprint density at radius 2 is 1.42 bits per heavy atom. The van der Waals surface area contributed by atoms with Gasteiger partial charge in [0.1, 0.15) is 18.1 Å². The lowest BCUT2D eigenvalue weighted by Crippen LogP contribution is -2.03. The van der Waals surface area contributed by atoms with E-state index < -0.39 is 9.84 Å². The highest BCUT2D eigenvalue weighted by Gasteiger charge is 2.19. The second-order valence-electron chi connectivity index (χ2n) is 6.15. The molecule has 5 heteroatoms. The van der Waals surface area contributed by atoms with Crippen molar-refractivity contribution in [1.82, 2.24) is 0 Å².